The number of unbranched alkanes of at least 4 members (excludes halogenated alkanes) is 2. The zero-order valence-electron chi connectivity index (χ0n) is 11.0. The molecule has 0 bridgehead atoms. The van der Waals surface area contributed by atoms with Gasteiger partial charge in [-0.2, -0.15) is 0 Å². The molecule has 0 aliphatic heterocycles. The van der Waals surface area contributed by atoms with E-state index in [1.54, 1.807) is 0 Å². The fraction of sp³-hybridized carbons (Fsp3) is 0.750. The molecule has 0 aromatic rings. The summed E-state index contributed by atoms with van der Waals surface area (Å²) in [4.78, 5) is 0. The van der Waals surface area contributed by atoms with Gasteiger partial charge in [-0.1, -0.05) is 63.3 Å². The zero-order valence-corrected chi connectivity index (χ0v) is 11.0. The maximum atomic E-state index is 2.47. The molecule has 16 heavy (non-hydrogen) atoms. The largest absolute Gasteiger partial charge is 0.0885 e. The smallest absolute Gasteiger partial charge is 0.0199 e. The Bertz CT molecular complexity index is 200. The van der Waals surface area contributed by atoms with Crippen LogP contribution in [0.1, 0.15) is 71.1 Å². The van der Waals surface area contributed by atoms with E-state index in [1.807, 2.05) is 0 Å². The summed E-state index contributed by atoms with van der Waals surface area (Å²) in [6.45, 7) is 2.26. The molecule has 0 heterocycles. The maximum absolute atomic E-state index is 2.47. The van der Waals surface area contributed by atoms with E-state index in [0.29, 0.717) is 0 Å². The van der Waals surface area contributed by atoms with E-state index in [1.165, 1.54) is 64.2 Å². The average molecular weight is 220 g/mol. The topological polar surface area (TPSA) is 0 Å². The highest BCUT2D eigenvalue weighted by molar-refractivity contribution is 4.94. The predicted octanol–water partition coefficient (Wildman–Crippen LogP) is 5.65. The van der Waals surface area contributed by atoms with Gasteiger partial charge in [0.05, 0.1) is 0 Å². The van der Waals surface area contributed by atoms with Gasteiger partial charge in [0, 0.05) is 0 Å². The summed E-state index contributed by atoms with van der Waals surface area (Å²) < 4.78 is 0. The van der Waals surface area contributed by atoms with Gasteiger partial charge in [0.1, 0.15) is 0 Å². The van der Waals surface area contributed by atoms with Crippen molar-refractivity contribution < 1.29 is 0 Å². The molecule has 0 spiro atoms. The summed E-state index contributed by atoms with van der Waals surface area (Å²) >= 11 is 0. The Morgan fingerprint density at radius 3 is 2.88 bits per heavy atom. The SMILES string of the molecule is CCCC/C=C\CC1/C=C\CCCCCC1. The number of hydrogen-bond donors (Lipinski definition) is 0. The molecule has 1 atom stereocenters. The summed E-state index contributed by atoms with van der Waals surface area (Å²) in [6, 6.07) is 0. The van der Waals surface area contributed by atoms with Gasteiger partial charge in [0.25, 0.3) is 0 Å². The van der Waals surface area contributed by atoms with Crippen molar-refractivity contribution in [3.8, 4) is 0 Å². The van der Waals surface area contributed by atoms with Crippen LogP contribution in [0.3, 0.4) is 0 Å². The lowest BCUT2D eigenvalue weighted by Crippen LogP contribution is -1.94. The van der Waals surface area contributed by atoms with E-state index >= 15 is 0 Å². The van der Waals surface area contributed by atoms with E-state index < -0.39 is 0 Å². The van der Waals surface area contributed by atoms with Crippen LogP contribution in [0.15, 0.2) is 24.3 Å². The van der Waals surface area contributed by atoms with Crippen LogP contribution in [0.2, 0.25) is 0 Å². The predicted molar refractivity (Wildman–Crippen MR) is 73.6 cm³/mol. The second-order valence-electron chi connectivity index (χ2n) is 5.03. The zero-order chi connectivity index (χ0) is 11.5. The number of allylic oxidation sites excluding steroid dienone is 4. The monoisotopic (exact) mass is 220 g/mol. The molecule has 1 unspecified atom stereocenters. The van der Waals surface area contributed by atoms with Gasteiger partial charge >= 0.3 is 0 Å². The van der Waals surface area contributed by atoms with Crippen molar-refractivity contribution in [3.05, 3.63) is 24.3 Å². The lowest BCUT2D eigenvalue weighted by atomic mass is 9.97. The molecule has 92 valence electrons. The van der Waals surface area contributed by atoms with Gasteiger partial charge in [-0.05, 0) is 38.0 Å². The molecular weight excluding hydrogens is 192 g/mol. The second-order valence-corrected chi connectivity index (χ2v) is 5.03. The molecule has 0 N–H and O–H groups in total. The first kappa shape index (κ1) is 13.5. The van der Waals surface area contributed by atoms with Crippen LogP contribution in [0.5, 0.6) is 0 Å². The third-order valence-electron chi connectivity index (χ3n) is 3.43. The summed E-state index contributed by atoms with van der Waals surface area (Å²) in [5.74, 6) is 0.816. The Morgan fingerprint density at radius 1 is 1.12 bits per heavy atom. The molecule has 0 heteroatoms. The van der Waals surface area contributed by atoms with Crippen LogP contribution in [-0.4, -0.2) is 0 Å². The lowest BCUT2D eigenvalue weighted by Gasteiger charge is -2.08. The Balaban J connectivity index is 2.21. The minimum Gasteiger partial charge on any atom is -0.0885 e. The molecular formula is C16H28. The van der Waals surface area contributed by atoms with Crippen LogP contribution in [0, 0.1) is 5.92 Å². The van der Waals surface area contributed by atoms with Gasteiger partial charge in [-0.3, -0.25) is 0 Å². The van der Waals surface area contributed by atoms with Gasteiger partial charge in [0.15, 0.2) is 0 Å². The summed E-state index contributed by atoms with van der Waals surface area (Å²) in [5.41, 5.74) is 0. The lowest BCUT2D eigenvalue weighted by molar-refractivity contribution is 0.539. The minimum absolute atomic E-state index is 0.816. The first-order valence-corrected chi connectivity index (χ1v) is 7.25. The van der Waals surface area contributed by atoms with Crippen LogP contribution in [0.4, 0.5) is 0 Å². The molecule has 0 saturated carbocycles. The highest BCUT2D eigenvalue weighted by Crippen LogP contribution is 2.20. The van der Waals surface area contributed by atoms with E-state index in [2.05, 4.69) is 31.2 Å². The van der Waals surface area contributed by atoms with E-state index in [-0.39, 0.29) is 0 Å². The van der Waals surface area contributed by atoms with Crippen molar-refractivity contribution in [1.82, 2.24) is 0 Å². The van der Waals surface area contributed by atoms with E-state index in [0.717, 1.165) is 5.92 Å². The van der Waals surface area contributed by atoms with Crippen molar-refractivity contribution in [1.29, 1.82) is 0 Å². The van der Waals surface area contributed by atoms with Crippen molar-refractivity contribution >= 4 is 0 Å². The van der Waals surface area contributed by atoms with Gasteiger partial charge in [0.2, 0.25) is 0 Å². The fourth-order valence-electron chi connectivity index (χ4n) is 2.31. The molecule has 0 amide bonds. The Kier molecular flexibility index (Phi) is 8.20. The van der Waals surface area contributed by atoms with Crippen LogP contribution in [0.25, 0.3) is 0 Å². The number of hydrogen-bond acceptors (Lipinski definition) is 0. The van der Waals surface area contributed by atoms with Crippen LogP contribution >= 0.6 is 0 Å². The normalized spacial score (nSPS) is 24.9. The van der Waals surface area contributed by atoms with Crippen molar-refractivity contribution in [2.24, 2.45) is 5.92 Å². The highest BCUT2D eigenvalue weighted by Gasteiger charge is 2.04. The quantitative estimate of drug-likeness (QED) is 0.415. The molecule has 0 nitrogen and oxygen atoms in total. The van der Waals surface area contributed by atoms with Crippen molar-refractivity contribution in [3.63, 3.8) is 0 Å². The van der Waals surface area contributed by atoms with E-state index in [9.17, 15) is 0 Å². The van der Waals surface area contributed by atoms with E-state index in [4.69, 9.17) is 0 Å². The molecule has 1 aliphatic rings. The summed E-state index contributed by atoms with van der Waals surface area (Å²) in [6.07, 6.45) is 23.3. The van der Waals surface area contributed by atoms with Crippen molar-refractivity contribution in [2.45, 2.75) is 71.1 Å². The minimum atomic E-state index is 0.816. The maximum Gasteiger partial charge on any atom is -0.0199 e. The average Bonchev–Trinajstić information content (AvgIpc) is 2.42. The van der Waals surface area contributed by atoms with Crippen LogP contribution in [-0.2, 0) is 0 Å². The molecule has 0 aromatic heterocycles. The Labute approximate surface area is 102 Å². The first-order valence-electron chi connectivity index (χ1n) is 7.25. The molecule has 0 radical (unpaired) electrons. The fourth-order valence-corrected chi connectivity index (χ4v) is 2.31. The molecule has 1 aliphatic carbocycles. The van der Waals surface area contributed by atoms with Crippen LogP contribution < -0.4 is 0 Å². The standard InChI is InChI=1S/C16H28/c1-2-3-4-7-10-13-16-14-11-8-5-6-9-12-15-16/h7,10-11,14,16H,2-6,8-9,12-13,15H2,1H3/b10-7-,14-11-. The molecule has 0 aromatic carbocycles. The van der Waals surface area contributed by atoms with Crippen molar-refractivity contribution in [2.75, 3.05) is 0 Å². The molecule has 0 saturated heterocycles. The third kappa shape index (κ3) is 6.87. The Morgan fingerprint density at radius 2 is 2.00 bits per heavy atom. The first-order chi connectivity index (χ1) is 7.93. The van der Waals surface area contributed by atoms with Gasteiger partial charge < -0.3 is 0 Å². The van der Waals surface area contributed by atoms with Gasteiger partial charge in [-0.15, -0.1) is 0 Å². The van der Waals surface area contributed by atoms with Gasteiger partial charge in [-0.25, -0.2) is 0 Å². The summed E-state index contributed by atoms with van der Waals surface area (Å²) in [7, 11) is 0. The highest BCUT2D eigenvalue weighted by atomic mass is 14.1. The Hall–Kier alpha value is -0.520. The molecule has 0 fully saturated rings. The summed E-state index contributed by atoms with van der Waals surface area (Å²) in [5, 5.41) is 0. The second kappa shape index (κ2) is 9.69. The molecule has 1 rings (SSSR count). The number of rotatable bonds is 5. The third-order valence-corrected chi connectivity index (χ3v) is 3.43.